The van der Waals surface area contributed by atoms with Crippen molar-refractivity contribution < 1.29 is 19.1 Å². The molecule has 1 amide bonds. The number of rotatable bonds is 6. The molecule has 0 N–H and O–H groups in total. The van der Waals surface area contributed by atoms with Crippen molar-refractivity contribution in [3.63, 3.8) is 0 Å². The number of carbonyl (C=O) groups excluding carboxylic acids is 2. The van der Waals surface area contributed by atoms with Crippen molar-refractivity contribution >= 4 is 18.1 Å². The van der Waals surface area contributed by atoms with Gasteiger partial charge in [-0.05, 0) is 12.5 Å². The number of benzene rings is 1. The first kappa shape index (κ1) is 18.0. The summed E-state index contributed by atoms with van der Waals surface area (Å²) >= 11 is 0. The smallest absolute Gasteiger partial charge is 0.410 e. The van der Waals surface area contributed by atoms with Gasteiger partial charge >= 0.3 is 12.1 Å². The van der Waals surface area contributed by atoms with E-state index in [1.54, 1.807) is 11.8 Å². The second kappa shape index (κ2) is 9.72. The van der Waals surface area contributed by atoms with Crippen molar-refractivity contribution in [2.24, 2.45) is 0 Å². The third kappa shape index (κ3) is 6.04. The molecular formula is C18H24N2O4. The highest BCUT2D eigenvalue weighted by atomic mass is 16.6. The summed E-state index contributed by atoms with van der Waals surface area (Å²) < 4.78 is 9.68. The zero-order chi connectivity index (χ0) is 17.2. The van der Waals surface area contributed by atoms with Gasteiger partial charge in [0.05, 0.1) is 6.61 Å². The maximum Gasteiger partial charge on any atom is 0.410 e. The van der Waals surface area contributed by atoms with Crippen LogP contribution in [0.4, 0.5) is 4.79 Å². The lowest BCUT2D eigenvalue weighted by molar-refractivity contribution is -0.146. The van der Waals surface area contributed by atoms with E-state index in [0.29, 0.717) is 13.1 Å². The van der Waals surface area contributed by atoms with E-state index >= 15 is 0 Å². The molecule has 1 heterocycles. The van der Waals surface area contributed by atoms with Gasteiger partial charge < -0.3 is 14.4 Å². The molecule has 1 aliphatic heterocycles. The van der Waals surface area contributed by atoms with Gasteiger partial charge in [-0.2, -0.15) is 0 Å². The lowest BCUT2D eigenvalue weighted by Gasteiger charge is -2.33. The Morgan fingerprint density at radius 1 is 1.08 bits per heavy atom. The monoisotopic (exact) mass is 332 g/mol. The Bertz CT molecular complexity index is 551. The number of ether oxygens (including phenoxy) is 2. The van der Waals surface area contributed by atoms with E-state index in [2.05, 4.69) is 29.2 Å². The van der Waals surface area contributed by atoms with Crippen molar-refractivity contribution in [3.05, 3.63) is 42.0 Å². The molecule has 1 saturated heterocycles. The number of hydrogen-bond acceptors (Lipinski definition) is 5. The SMILES string of the molecule is CCOC(=O)COC(=O)N1CCN(C/C=C/c2ccccc2)CC1. The van der Waals surface area contributed by atoms with Gasteiger partial charge in [0, 0.05) is 32.7 Å². The molecule has 0 aliphatic carbocycles. The van der Waals surface area contributed by atoms with Gasteiger partial charge in [0.15, 0.2) is 6.61 Å². The number of esters is 1. The summed E-state index contributed by atoms with van der Waals surface area (Å²) in [5.41, 5.74) is 1.18. The third-order valence-corrected chi connectivity index (χ3v) is 3.72. The van der Waals surface area contributed by atoms with Crippen molar-refractivity contribution in [1.29, 1.82) is 0 Å². The fraction of sp³-hybridized carbons (Fsp3) is 0.444. The molecule has 6 heteroatoms. The molecule has 1 aromatic carbocycles. The Labute approximate surface area is 142 Å². The van der Waals surface area contributed by atoms with Crippen molar-refractivity contribution in [2.45, 2.75) is 6.92 Å². The standard InChI is InChI=1S/C18H24N2O4/c1-2-23-17(21)15-24-18(22)20-13-11-19(12-14-20)10-6-9-16-7-4-3-5-8-16/h3-9H,2,10-15H2,1H3/b9-6+. The second-order valence-corrected chi connectivity index (χ2v) is 5.46. The van der Waals surface area contributed by atoms with Gasteiger partial charge in [-0.3, -0.25) is 4.90 Å². The Hall–Kier alpha value is -2.34. The van der Waals surface area contributed by atoms with Crippen LogP contribution in [0.5, 0.6) is 0 Å². The fourth-order valence-corrected chi connectivity index (χ4v) is 2.43. The Morgan fingerprint density at radius 3 is 2.46 bits per heavy atom. The predicted octanol–water partition coefficient (Wildman–Crippen LogP) is 2.02. The number of amides is 1. The van der Waals surface area contributed by atoms with Crippen LogP contribution in [-0.2, 0) is 14.3 Å². The van der Waals surface area contributed by atoms with Gasteiger partial charge in [-0.1, -0.05) is 42.5 Å². The first-order valence-corrected chi connectivity index (χ1v) is 8.20. The maximum absolute atomic E-state index is 11.9. The summed E-state index contributed by atoms with van der Waals surface area (Å²) in [6.07, 6.45) is 3.77. The van der Waals surface area contributed by atoms with Crippen LogP contribution in [0.15, 0.2) is 36.4 Å². The largest absolute Gasteiger partial charge is 0.463 e. The van der Waals surface area contributed by atoms with Crippen LogP contribution >= 0.6 is 0 Å². The maximum atomic E-state index is 11.9. The molecule has 2 rings (SSSR count). The summed E-state index contributed by atoms with van der Waals surface area (Å²) in [5.74, 6) is -0.518. The molecular weight excluding hydrogens is 308 g/mol. The average molecular weight is 332 g/mol. The molecule has 0 spiro atoms. The molecule has 1 aliphatic rings. The van der Waals surface area contributed by atoms with Gasteiger partial charge in [-0.25, -0.2) is 9.59 Å². The fourth-order valence-electron chi connectivity index (χ4n) is 2.43. The van der Waals surface area contributed by atoms with Gasteiger partial charge in [0.25, 0.3) is 0 Å². The number of piperazine rings is 1. The Morgan fingerprint density at radius 2 is 1.79 bits per heavy atom. The summed E-state index contributed by atoms with van der Waals surface area (Å²) in [7, 11) is 0. The highest BCUT2D eigenvalue weighted by Gasteiger charge is 2.22. The first-order chi connectivity index (χ1) is 11.7. The minimum absolute atomic E-state index is 0.283. The van der Waals surface area contributed by atoms with Crippen LogP contribution in [0.1, 0.15) is 12.5 Å². The molecule has 0 saturated carbocycles. The van der Waals surface area contributed by atoms with Crippen LogP contribution < -0.4 is 0 Å². The van der Waals surface area contributed by atoms with E-state index in [1.165, 1.54) is 5.56 Å². The van der Waals surface area contributed by atoms with Crippen LogP contribution in [0.3, 0.4) is 0 Å². The van der Waals surface area contributed by atoms with Crippen molar-refractivity contribution in [2.75, 3.05) is 45.9 Å². The summed E-state index contributed by atoms with van der Waals surface area (Å²) in [4.78, 5) is 27.0. The molecule has 0 unspecified atom stereocenters. The molecule has 24 heavy (non-hydrogen) atoms. The minimum atomic E-state index is -0.518. The summed E-state index contributed by atoms with van der Waals surface area (Å²) in [6, 6.07) is 10.2. The minimum Gasteiger partial charge on any atom is -0.463 e. The van der Waals surface area contributed by atoms with E-state index in [1.807, 2.05) is 18.2 Å². The lowest BCUT2D eigenvalue weighted by Crippen LogP contribution is -2.49. The second-order valence-electron chi connectivity index (χ2n) is 5.46. The van der Waals surface area contributed by atoms with E-state index in [-0.39, 0.29) is 13.2 Å². The van der Waals surface area contributed by atoms with E-state index in [4.69, 9.17) is 9.47 Å². The van der Waals surface area contributed by atoms with Gasteiger partial charge in [-0.15, -0.1) is 0 Å². The molecule has 1 aromatic rings. The Kier molecular flexibility index (Phi) is 7.29. The van der Waals surface area contributed by atoms with Crippen molar-refractivity contribution in [3.8, 4) is 0 Å². The summed E-state index contributed by atoms with van der Waals surface area (Å²) in [5, 5.41) is 0. The number of nitrogens with zero attached hydrogens (tertiary/aromatic N) is 2. The van der Waals surface area contributed by atoms with Gasteiger partial charge in [0.2, 0.25) is 0 Å². The topological polar surface area (TPSA) is 59.1 Å². The van der Waals surface area contributed by atoms with Crippen molar-refractivity contribution in [1.82, 2.24) is 9.80 Å². The first-order valence-electron chi connectivity index (χ1n) is 8.20. The highest BCUT2D eigenvalue weighted by Crippen LogP contribution is 2.06. The third-order valence-electron chi connectivity index (χ3n) is 3.72. The van der Waals surface area contributed by atoms with Gasteiger partial charge in [0.1, 0.15) is 0 Å². The van der Waals surface area contributed by atoms with E-state index < -0.39 is 12.1 Å². The average Bonchev–Trinajstić information content (AvgIpc) is 2.61. The van der Waals surface area contributed by atoms with Crippen LogP contribution in [0.25, 0.3) is 6.08 Å². The molecule has 0 atom stereocenters. The number of carbonyl (C=O) groups is 2. The molecule has 1 fully saturated rings. The van der Waals surface area contributed by atoms with Crippen LogP contribution in [0.2, 0.25) is 0 Å². The quantitative estimate of drug-likeness (QED) is 0.746. The summed E-state index contributed by atoms with van der Waals surface area (Å²) in [6.45, 7) is 5.28. The molecule has 0 bridgehead atoms. The predicted molar refractivity (Wildman–Crippen MR) is 91.5 cm³/mol. The lowest BCUT2D eigenvalue weighted by atomic mass is 10.2. The zero-order valence-corrected chi connectivity index (χ0v) is 14.0. The molecule has 0 aromatic heterocycles. The zero-order valence-electron chi connectivity index (χ0n) is 14.0. The van der Waals surface area contributed by atoms with E-state index in [0.717, 1.165) is 19.6 Å². The highest BCUT2D eigenvalue weighted by molar-refractivity contribution is 5.75. The van der Waals surface area contributed by atoms with Crippen LogP contribution in [-0.4, -0.2) is 67.8 Å². The van der Waals surface area contributed by atoms with Crippen LogP contribution in [0, 0.1) is 0 Å². The molecule has 6 nitrogen and oxygen atoms in total. The molecule has 130 valence electrons. The number of hydrogen-bond donors (Lipinski definition) is 0. The molecule has 0 radical (unpaired) electrons. The van der Waals surface area contributed by atoms with E-state index in [9.17, 15) is 9.59 Å². The normalized spacial score (nSPS) is 15.5. The Balaban J connectivity index is 1.66.